The predicted molar refractivity (Wildman–Crippen MR) is 116 cm³/mol. The van der Waals surface area contributed by atoms with Gasteiger partial charge in [0.05, 0.1) is 23.7 Å². The van der Waals surface area contributed by atoms with Gasteiger partial charge in [0, 0.05) is 7.05 Å². The van der Waals surface area contributed by atoms with Crippen molar-refractivity contribution >= 4 is 23.4 Å². The fourth-order valence-electron chi connectivity index (χ4n) is 3.71. The molecule has 1 saturated heterocycles. The summed E-state index contributed by atoms with van der Waals surface area (Å²) in [5.74, 6) is 0.662. The van der Waals surface area contributed by atoms with Gasteiger partial charge in [0.15, 0.2) is 0 Å². The Kier molecular flexibility index (Phi) is 5.00. The van der Waals surface area contributed by atoms with Gasteiger partial charge in [-0.05, 0) is 43.7 Å². The lowest BCUT2D eigenvalue weighted by molar-refractivity contribution is -0.117. The highest BCUT2D eigenvalue weighted by Gasteiger charge is 2.42. The maximum absolute atomic E-state index is 13.5. The number of hydrogen-bond donors (Lipinski definition) is 0. The number of ether oxygens (including phenoxy) is 1. The Hall–Kier alpha value is -2.93. The first kappa shape index (κ1) is 19.4. The smallest absolute Gasteiger partial charge is 0.295 e. The normalized spacial score (nSPS) is 19.0. The highest BCUT2D eigenvalue weighted by atomic mass is 32.2. The number of para-hydroxylation sites is 1. The van der Waals surface area contributed by atoms with Gasteiger partial charge < -0.3 is 4.74 Å². The number of anilines is 1. The van der Waals surface area contributed by atoms with E-state index in [4.69, 9.17) is 4.74 Å². The highest BCUT2D eigenvalue weighted by molar-refractivity contribution is 8.01. The Bertz CT molecular complexity index is 1120. The standard InChI is InChI=1S/C22H23N3O3S/c1-14-19(21(27)25(23(14)3)17-10-6-5-7-11-17)24-20(26)15(2)29-22(24)16-9-8-12-18(13-16)28-4/h5-13,15,22H,1-4H3/t15-,22-/m1/s1. The molecule has 0 bridgehead atoms. The van der Waals surface area contributed by atoms with Crippen molar-refractivity contribution in [2.24, 2.45) is 7.05 Å². The number of carbonyl (C=O) groups excluding carboxylic acids is 1. The third kappa shape index (κ3) is 3.15. The van der Waals surface area contributed by atoms with Gasteiger partial charge in [-0.15, -0.1) is 11.8 Å². The summed E-state index contributed by atoms with van der Waals surface area (Å²) in [6, 6.07) is 17.1. The number of benzene rings is 2. The number of rotatable bonds is 4. The molecule has 0 unspecified atom stereocenters. The molecule has 3 aromatic rings. The quantitative estimate of drug-likeness (QED) is 0.660. The fraction of sp³-hybridized carbons (Fsp3) is 0.273. The second-order valence-electron chi connectivity index (χ2n) is 7.03. The van der Waals surface area contributed by atoms with Crippen LogP contribution in [0.2, 0.25) is 0 Å². The first-order chi connectivity index (χ1) is 13.9. The van der Waals surface area contributed by atoms with E-state index in [9.17, 15) is 9.59 Å². The third-order valence-corrected chi connectivity index (χ3v) is 6.65. The summed E-state index contributed by atoms with van der Waals surface area (Å²) in [6.07, 6.45) is 0. The Morgan fingerprint density at radius 2 is 1.76 bits per heavy atom. The lowest BCUT2D eigenvalue weighted by Gasteiger charge is -2.23. The Morgan fingerprint density at radius 3 is 2.45 bits per heavy atom. The molecule has 7 heteroatoms. The molecule has 6 nitrogen and oxygen atoms in total. The zero-order valence-corrected chi connectivity index (χ0v) is 17.6. The molecule has 2 aromatic carbocycles. The molecule has 1 aromatic heterocycles. The van der Waals surface area contributed by atoms with E-state index in [0.717, 1.165) is 22.7 Å². The maximum atomic E-state index is 13.5. The molecular weight excluding hydrogens is 386 g/mol. The van der Waals surface area contributed by atoms with Crippen LogP contribution in [0.4, 0.5) is 5.69 Å². The number of aromatic nitrogens is 2. The predicted octanol–water partition coefficient (Wildman–Crippen LogP) is 3.66. The first-order valence-electron chi connectivity index (χ1n) is 9.40. The van der Waals surface area contributed by atoms with Crippen LogP contribution >= 0.6 is 11.8 Å². The minimum atomic E-state index is -0.286. The van der Waals surface area contributed by atoms with Crippen LogP contribution in [0.3, 0.4) is 0 Å². The molecule has 4 rings (SSSR count). The molecule has 1 aliphatic rings. The van der Waals surface area contributed by atoms with E-state index < -0.39 is 0 Å². The van der Waals surface area contributed by atoms with Crippen LogP contribution in [0.1, 0.15) is 23.6 Å². The molecule has 29 heavy (non-hydrogen) atoms. The lowest BCUT2D eigenvalue weighted by Crippen LogP contribution is -2.34. The average Bonchev–Trinajstić information content (AvgIpc) is 3.15. The van der Waals surface area contributed by atoms with E-state index in [-0.39, 0.29) is 22.1 Å². The molecule has 1 fully saturated rings. The van der Waals surface area contributed by atoms with Crippen molar-refractivity contribution in [3.05, 3.63) is 76.2 Å². The zero-order valence-electron chi connectivity index (χ0n) is 16.8. The Morgan fingerprint density at radius 1 is 1.03 bits per heavy atom. The van der Waals surface area contributed by atoms with Crippen molar-refractivity contribution in [1.82, 2.24) is 9.36 Å². The van der Waals surface area contributed by atoms with Crippen LogP contribution < -0.4 is 15.2 Å². The first-order valence-corrected chi connectivity index (χ1v) is 10.3. The SMILES string of the molecule is COc1cccc([C@H]2S[C@H](C)C(=O)N2c2c(C)n(C)n(-c3ccccc3)c2=O)c1. The Labute approximate surface area is 173 Å². The number of carbonyl (C=O) groups is 1. The molecule has 1 aliphatic heterocycles. The molecule has 2 heterocycles. The maximum Gasteiger partial charge on any atom is 0.295 e. The van der Waals surface area contributed by atoms with Crippen molar-refractivity contribution in [2.45, 2.75) is 24.5 Å². The Balaban J connectivity index is 1.88. The van der Waals surface area contributed by atoms with Crippen LogP contribution in [0.5, 0.6) is 5.75 Å². The van der Waals surface area contributed by atoms with Crippen molar-refractivity contribution in [3.8, 4) is 11.4 Å². The summed E-state index contributed by atoms with van der Waals surface area (Å²) in [4.78, 5) is 28.2. The molecule has 0 radical (unpaired) electrons. The number of hydrogen-bond acceptors (Lipinski definition) is 4. The van der Waals surface area contributed by atoms with E-state index in [1.807, 2.05) is 75.5 Å². The van der Waals surface area contributed by atoms with Gasteiger partial charge in [-0.3, -0.25) is 19.2 Å². The highest BCUT2D eigenvalue weighted by Crippen LogP contribution is 2.46. The van der Waals surface area contributed by atoms with E-state index in [0.29, 0.717) is 5.69 Å². The second-order valence-corrected chi connectivity index (χ2v) is 8.45. The number of amides is 1. The monoisotopic (exact) mass is 409 g/mol. The van der Waals surface area contributed by atoms with Gasteiger partial charge in [-0.25, -0.2) is 4.68 Å². The van der Waals surface area contributed by atoms with Gasteiger partial charge in [-0.2, -0.15) is 0 Å². The van der Waals surface area contributed by atoms with Gasteiger partial charge in [0.25, 0.3) is 5.56 Å². The summed E-state index contributed by atoms with van der Waals surface area (Å²) in [7, 11) is 3.46. The number of methoxy groups -OCH3 is 1. The van der Waals surface area contributed by atoms with Crippen LogP contribution in [0, 0.1) is 6.92 Å². The van der Waals surface area contributed by atoms with Crippen molar-refractivity contribution in [2.75, 3.05) is 12.0 Å². The average molecular weight is 410 g/mol. The van der Waals surface area contributed by atoms with E-state index >= 15 is 0 Å². The lowest BCUT2D eigenvalue weighted by atomic mass is 10.1. The molecule has 0 saturated carbocycles. The number of nitrogens with zero attached hydrogens (tertiary/aromatic N) is 3. The van der Waals surface area contributed by atoms with Gasteiger partial charge in [0.2, 0.25) is 5.91 Å². The van der Waals surface area contributed by atoms with Crippen molar-refractivity contribution in [3.63, 3.8) is 0 Å². The van der Waals surface area contributed by atoms with E-state index in [2.05, 4.69) is 0 Å². The summed E-state index contributed by atoms with van der Waals surface area (Å²) in [6.45, 7) is 3.76. The topological polar surface area (TPSA) is 56.5 Å². The summed E-state index contributed by atoms with van der Waals surface area (Å²) < 4.78 is 8.76. The van der Waals surface area contributed by atoms with Crippen LogP contribution in [0.15, 0.2) is 59.4 Å². The largest absolute Gasteiger partial charge is 0.497 e. The van der Waals surface area contributed by atoms with Crippen LogP contribution in [0.25, 0.3) is 5.69 Å². The van der Waals surface area contributed by atoms with Crippen molar-refractivity contribution < 1.29 is 9.53 Å². The number of thioether (sulfide) groups is 1. The molecule has 0 spiro atoms. The minimum absolute atomic E-state index is 0.0613. The third-order valence-electron chi connectivity index (χ3n) is 5.30. The molecule has 150 valence electrons. The second kappa shape index (κ2) is 7.48. The van der Waals surface area contributed by atoms with Crippen molar-refractivity contribution in [1.29, 1.82) is 0 Å². The van der Waals surface area contributed by atoms with Crippen LogP contribution in [-0.2, 0) is 11.8 Å². The summed E-state index contributed by atoms with van der Waals surface area (Å²) in [5, 5.41) is -0.527. The minimum Gasteiger partial charge on any atom is -0.497 e. The summed E-state index contributed by atoms with van der Waals surface area (Å²) in [5.41, 5.74) is 2.66. The van der Waals surface area contributed by atoms with Gasteiger partial charge in [0.1, 0.15) is 16.8 Å². The molecule has 0 N–H and O–H groups in total. The zero-order chi connectivity index (χ0) is 20.7. The fourth-order valence-corrected chi connectivity index (χ4v) is 4.96. The summed E-state index contributed by atoms with van der Waals surface area (Å²) >= 11 is 1.54. The van der Waals surface area contributed by atoms with Gasteiger partial charge >= 0.3 is 0 Å². The molecule has 1 amide bonds. The van der Waals surface area contributed by atoms with E-state index in [1.54, 1.807) is 33.1 Å². The van der Waals surface area contributed by atoms with E-state index in [1.165, 1.54) is 0 Å². The molecular formula is C22H23N3O3S. The molecule has 0 aliphatic carbocycles. The van der Waals surface area contributed by atoms with Crippen LogP contribution in [-0.4, -0.2) is 27.6 Å². The molecule has 2 atom stereocenters. The van der Waals surface area contributed by atoms with Gasteiger partial charge in [-0.1, -0.05) is 30.3 Å².